The van der Waals surface area contributed by atoms with Gasteiger partial charge in [0.05, 0.1) is 11.6 Å². The molecule has 1 saturated heterocycles. The summed E-state index contributed by atoms with van der Waals surface area (Å²) in [5, 5.41) is 6.03. The molecule has 0 aliphatic carbocycles. The molecule has 2 N–H and O–H groups in total. The largest absolute Gasteiger partial charge is 0.495 e. The Morgan fingerprint density at radius 3 is 2.94 bits per heavy atom. The second kappa shape index (κ2) is 5.51. The molecule has 0 unspecified atom stereocenters. The van der Waals surface area contributed by atoms with E-state index in [1.54, 1.807) is 13.2 Å². The Kier molecular flexibility index (Phi) is 4.02. The first-order chi connectivity index (χ1) is 8.19. The summed E-state index contributed by atoms with van der Waals surface area (Å²) < 4.78 is 6.05. The van der Waals surface area contributed by atoms with Gasteiger partial charge in [0.2, 0.25) is 5.91 Å². The standard InChI is InChI=1S/C12H15BrN2O2/c1-17-11-5-9(2-3-10(11)13)15-12(16)4-8-6-14-7-8/h2-3,5,8,14H,4,6-7H2,1H3,(H,15,16). The van der Waals surface area contributed by atoms with Crippen LogP contribution in [-0.2, 0) is 4.79 Å². The maximum absolute atomic E-state index is 11.7. The lowest BCUT2D eigenvalue weighted by molar-refractivity contribution is -0.117. The van der Waals surface area contributed by atoms with Gasteiger partial charge in [-0.15, -0.1) is 0 Å². The second-order valence-corrected chi connectivity index (χ2v) is 4.98. The number of hydrogen-bond acceptors (Lipinski definition) is 3. The summed E-state index contributed by atoms with van der Waals surface area (Å²) in [4.78, 5) is 11.7. The van der Waals surface area contributed by atoms with Crippen LogP contribution in [0.25, 0.3) is 0 Å². The molecule has 0 saturated carbocycles. The van der Waals surface area contributed by atoms with Gasteiger partial charge in [-0.25, -0.2) is 0 Å². The van der Waals surface area contributed by atoms with Crippen LogP contribution < -0.4 is 15.4 Å². The summed E-state index contributed by atoms with van der Waals surface area (Å²) in [6.45, 7) is 1.88. The maximum atomic E-state index is 11.7. The number of hydrogen-bond donors (Lipinski definition) is 2. The first kappa shape index (κ1) is 12.4. The van der Waals surface area contributed by atoms with Crippen LogP contribution in [0, 0.1) is 5.92 Å². The smallest absolute Gasteiger partial charge is 0.224 e. The van der Waals surface area contributed by atoms with Gasteiger partial charge in [-0.2, -0.15) is 0 Å². The molecule has 5 heteroatoms. The highest BCUT2D eigenvalue weighted by atomic mass is 79.9. The van der Waals surface area contributed by atoms with E-state index in [-0.39, 0.29) is 5.91 Å². The van der Waals surface area contributed by atoms with Crippen LogP contribution >= 0.6 is 15.9 Å². The molecule has 0 radical (unpaired) electrons. The van der Waals surface area contributed by atoms with Crippen molar-refractivity contribution in [1.29, 1.82) is 0 Å². The second-order valence-electron chi connectivity index (χ2n) is 4.13. The molecule has 1 aliphatic heterocycles. The normalized spacial score (nSPS) is 15.2. The van der Waals surface area contributed by atoms with E-state index in [1.165, 1.54) is 0 Å². The van der Waals surface area contributed by atoms with Gasteiger partial charge < -0.3 is 15.4 Å². The van der Waals surface area contributed by atoms with Crippen LogP contribution in [-0.4, -0.2) is 26.1 Å². The molecule has 1 aliphatic rings. The number of rotatable bonds is 4. The minimum atomic E-state index is 0.0564. The van der Waals surface area contributed by atoms with Crippen molar-refractivity contribution in [1.82, 2.24) is 5.32 Å². The highest BCUT2D eigenvalue weighted by Gasteiger charge is 2.20. The molecule has 0 bridgehead atoms. The Hall–Kier alpha value is -1.07. The number of carbonyl (C=O) groups is 1. The molecule has 1 fully saturated rings. The number of amides is 1. The van der Waals surface area contributed by atoms with E-state index >= 15 is 0 Å². The number of benzene rings is 1. The minimum Gasteiger partial charge on any atom is -0.495 e. The lowest BCUT2D eigenvalue weighted by atomic mass is 9.99. The third-order valence-corrected chi connectivity index (χ3v) is 3.43. The van der Waals surface area contributed by atoms with E-state index in [2.05, 4.69) is 26.6 Å². The van der Waals surface area contributed by atoms with Gasteiger partial charge >= 0.3 is 0 Å². The number of nitrogens with one attached hydrogen (secondary N) is 2. The van der Waals surface area contributed by atoms with E-state index < -0.39 is 0 Å². The summed E-state index contributed by atoms with van der Waals surface area (Å²) in [7, 11) is 1.60. The molecule has 0 spiro atoms. The zero-order valence-corrected chi connectivity index (χ0v) is 11.2. The van der Waals surface area contributed by atoms with Crippen LogP contribution in [0.3, 0.4) is 0 Å². The fourth-order valence-corrected chi connectivity index (χ4v) is 2.11. The average molecular weight is 299 g/mol. The van der Waals surface area contributed by atoms with Gasteiger partial charge in [-0.3, -0.25) is 4.79 Å². The lowest BCUT2D eigenvalue weighted by Gasteiger charge is -2.26. The summed E-state index contributed by atoms with van der Waals surface area (Å²) in [6.07, 6.45) is 0.575. The SMILES string of the molecule is COc1cc(NC(=O)CC2CNC2)ccc1Br. The van der Waals surface area contributed by atoms with Gasteiger partial charge in [0.25, 0.3) is 0 Å². The van der Waals surface area contributed by atoms with Gasteiger partial charge in [0, 0.05) is 18.2 Å². The van der Waals surface area contributed by atoms with E-state index in [9.17, 15) is 4.79 Å². The van der Waals surface area contributed by atoms with Crippen LogP contribution in [0.1, 0.15) is 6.42 Å². The number of carbonyl (C=O) groups excluding carboxylic acids is 1. The number of halogens is 1. The van der Waals surface area contributed by atoms with Gasteiger partial charge in [-0.1, -0.05) is 0 Å². The van der Waals surface area contributed by atoms with Crippen molar-refractivity contribution < 1.29 is 9.53 Å². The van der Waals surface area contributed by atoms with Crippen molar-refractivity contribution in [3.8, 4) is 5.75 Å². The fourth-order valence-electron chi connectivity index (χ4n) is 1.70. The van der Waals surface area contributed by atoms with Gasteiger partial charge in [-0.05, 0) is 47.1 Å². The van der Waals surface area contributed by atoms with Gasteiger partial charge in [0.1, 0.15) is 5.75 Å². The Morgan fingerprint density at radius 1 is 1.59 bits per heavy atom. The third kappa shape index (κ3) is 3.20. The Balaban J connectivity index is 1.95. The predicted molar refractivity (Wildman–Crippen MR) is 70.3 cm³/mol. The Bertz CT molecular complexity index is 419. The molecule has 1 amide bonds. The molecule has 1 aromatic rings. The van der Waals surface area contributed by atoms with E-state index in [4.69, 9.17) is 4.74 Å². The molecular weight excluding hydrogens is 284 g/mol. The molecule has 92 valence electrons. The first-order valence-corrected chi connectivity index (χ1v) is 6.32. The molecular formula is C12H15BrN2O2. The molecule has 1 heterocycles. The van der Waals surface area contributed by atoms with E-state index in [1.807, 2.05) is 12.1 Å². The number of ether oxygens (including phenoxy) is 1. The number of anilines is 1. The molecule has 0 atom stereocenters. The third-order valence-electron chi connectivity index (χ3n) is 2.77. The summed E-state index contributed by atoms with van der Waals surface area (Å²) >= 11 is 3.37. The zero-order valence-electron chi connectivity index (χ0n) is 9.63. The molecule has 2 rings (SSSR count). The highest BCUT2D eigenvalue weighted by molar-refractivity contribution is 9.10. The average Bonchev–Trinajstić information content (AvgIpc) is 2.26. The maximum Gasteiger partial charge on any atom is 0.224 e. The van der Waals surface area contributed by atoms with Crippen LogP contribution in [0.4, 0.5) is 5.69 Å². The van der Waals surface area contributed by atoms with Crippen molar-refractivity contribution in [3.05, 3.63) is 22.7 Å². The molecule has 0 aromatic heterocycles. The molecule has 4 nitrogen and oxygen atoms in total. The summed E-state index contributed by atoms with van der Waals surface area (Å²) in [5.74, 6) is 1.25. The fraction of sp³-hybridized carbons (Fsp3) is 0.417. The van der Waals surface area contributed by atoms with Crippen LogP contribution in [0.15, 0.2) is 22.7 Å². The first-order valence-electron chi connectivity index (χ1n) is 5.53. The van der Waals surface area contributed by atoms with Crippen molar-refractivity contribution in [2.45, 2.75) is 6.42 Å². The summed E-state index contributed by atoms with van der Waals surface area (Å²) in [6, 6.07) is 5.52. The molecule has 1 aromatic carbocycles. The van der Waals surface area contributed by atoms with E-state index in [0.717, 1.165) is 23.2 Å². The van der Waals surface area contributed by atoms with Crippen molar-refractivity contribution >= 4 is 27.5 Å². The lowest BCUT2D eigenvalue weighted by Crippen LogP contribution is -2.43. The Labute approximate surface area is 109 Å². The molecule has 17 heavy (non-hydrogen) atoms. The van der Waals surface area contributed by atoms with Crippen LogP contribution in [0.2, 0.25) is 0 Å². The zero-order chi connectivity index (χ0) is 12.3. The number of methoxy groups -OCH3 is 1. The van der Waals surface area contributed by atoms with Crippen molar-refractivity contribution in [3.63, 3.8) is 0 Å². The predicted octanol–water partition coefficient (Wildman–Crippen LogP) is 2.01. The van der Waals surface area contributed by atoms with E-state index in [0.29, 0.717) is 18.1 Å². The minimum absolute atomic E-state index is 0.0564. The van der Waals surface area contributed by atoms with Crippen molar-refractivity contribution in [2.75, 3.05) is 25.5 Å². The quantitative estimate of drug-likeness (QED) is 0.894. The highest BCUT2D eigenvalue weighted by Crippen LogP contribution is 2.28. The Morgan fingerprint density at radius 2 is 2.35 bits per heavy atom. The monoisotopic (exact) mass is 298 g/mol. The topological polar surface area (TPSA) is 50.4 Å². The van der Waals surface area contributed by atoms with Crippen molar-refractivity contribution in [2.24, 2.45) is 5.92 Å². The van der Waals surface area contributed by atoms with Crippen LogP contribution in [0.5, 0.6) is 5.75 Å². The summed E-state index contributed by atoms with van der Waals surface area (Å²) in [5.41, 5.74) is 0.766. The van der Waals surface area contributed by atoms with Gasteiger partial charge in [0.15, 0.2) is 0 Å².